The van der Waals surface area contributed by atoms with E-state index in [1.807, 2.05) is 0 Å². The lowest BCUT2D eigenvalue weighted by molar-refractivity contribution is -0.139. The van der Waals surface area contributed by atoms with Crippen molar-refractivity contribution in [1.29, 1.82) is 0 Å². The zero-order chi connectivity index (χ0) is 16.4. The molecule has 0 aliphatic carbocycles. The number of carboxylic acids is 1. The second-order valence-corrected chi connectivity index (χ2v) is 6.23. The number of ether oxygens (including phenoxy) is 1. The van der Waals surface area contributed by atoms with E-state index < -0.39 is 12.6 Å². The number of hydrogen-bond donors (Lipinski definition) is 1. The fraction of sp³-hybridized carbons (Fsp3) is 0.0714. The molecule has 2 rings (SSSR count). The number of halogens is 5. The summed E-state index contributed by atoms with van der Waals surface area (Å²) in [7, 11) is 0. The summed E-state index contributed by atoms with van der Waals surface area (Å²) >= 11 is 30.3. The highest BCUT2D eigenvalue weighted by atomic mass is 35.5. The number of aliphatic carboxylic acids is 1. The molecule has 0 unspecified atom stereocenters. The lowest BCUT2D eigenvalue weighted by atomic mass is 10.1. The summed E-state index contributed by atoms with van der Waals surface area (Å²) in [5.41, 5.74) is 1.07. The van der Waals surface area contributed by atoms with Gasteiger partial charge in [0.1, 0.15) is 5.75 Å². The van der Waals surface area contributed by atoms with Gasteiger partial charge in [-0.25, -0.2) is 4.79 Å². The van der Waals surface area contributed by atoms with E-state index in [0.717, 1.165) is 0 Å². The van der Waals surface area contributed by atoms with Crippen LogP contribution in [-0.4, -0.2) is 17.7 Å². The quantitative estimate of drug-likeness (QED) is 0.632. The Morgan fingerprint density at radius 1 is 0.818 bits per heavy atom. The van der Waals surface area contributed by atoms with Crippen LogP contribution < -0.4 is 4.74 Å². The topological polar surface area (TPSA) is 46.5 Å². The minimum atomic E-state index is -1.12. The molecule has 0 amide bonds. The first-order chi connectivity index (χ1) is 10.3. The number of rotatable bonds is 4. The van der Waals surface area contributed by atoms with E-state index >= 15 is 0 Å². The molecule has 0 fully saturated rings. The lowest BCUT2D eigenvalue weighted by Crippen LogP contribution is -2.09. The molecule has 0 aromatic heterocycles. The number of benzene rings is 2. The summed E-state index contributed by atoms with van der Waals surface area (Å²) in [4.78, 5) is 10.5. The highest BCUT2D eigenvalue weighted by molar-refractivity contribution is 6.44. The molecule has 0 radical (unpaired) electrons. The van der Waals surface area contributed by atoms with E-state index in [0.29, 0.717) is 26.2 Å². The molecule has 2 aromatic rings. The number of hydrogen-bond acceptors (Lipinski definition) is 2. The second kappa shape index (κ2) is 7.16. The predicted octanol–water partition coefficient (Wildman–Crippen LogP) is 6.08. The van der Waals surface area contributed by atoms with Crippen LogP contribution in [0.3, 0.4) is 0 Å². The Kier molecular flexibility index (Phi) is 5.70. The standard InChI is InChI=1S/C14H7Cl5O3/c15-8-3-11(18)10(17)1-6(8)7-2-12(19)13(4-9(7)16)22-5-14(20)21/h1-4H,5H2,(H,20,21). The van der Waals surface area contributed by atoms with Crippen molar-refractivity contribution >= 4 is 64.0 Å². The molecule has 0 saturated heterocycles. The average Bonchev–Trinajstić information content (AvgIpc) is 2.43. The average molecular weight is 400 g/mol. The molecule has 0 aliphatic rings. The van der Waals surface area contributed by atoms with Crippen molar-refractivity contribution in [3.8, 4) is 16.9 Å². The third-order valence-corrected chi connectivity index (χ3v) is 4.32. The fourth-order valence-corrected chi connectivity index (χ4v) is 2.84. The van der Waals surface area contributed by atoms with Gasteiger partial charge in [-0.1, -0.05) is 58.0 Å². The Balaban J connectivity index is 2.47. The minimum Gasteiger partial charge on any atom is -0.480 e. The zero-order valence-corrected chi connectivity index (χ0v) is 14.4. The van der Waals surface area contributed by atoms with Crippen LogP contribution in [0.4, 0.5) is 0 Å². The molecular weight excluding hydrogens is 393 g/mol. The molecule has 0 saturated carbocycles. The van der Waals surface area contributed by atoms with E-state index in [2.05, 4.69) is 0 Å². The van der Waals surface area contributed by atoms with Crippen molar-refractivity contribution < 1.29 is 14.6 Å². The Labute approximate surface area is 151 Å². The normalized spacial score (nSPS) is 10.6. The van der Waals surface area contributed by atoms with E-state index in [1.165, 1.54) is 18.2 Å². The SMILES string of the molecule is O=C(O)COc1cc(Cl)c(-c2cc(Cl)c(Cl)cc2Cl)cc1Cl. The van der Waals surface area contributed by atoms with E-state index in [4.69, 9.17) is 67.8 Å². The Morgan fingerprint density at radius 3 is 1.91 bits per heavy atom. The van der Waals surface area contributed by atoms with Gasteiger partial charge in [-0.3, -0.25) is 0 Å². The van der Waals surface area contributed by atoms with Gasteiger partial charge in [0.2, 0.25) is 0 Å². The van der Waals surface area contributed by atoms with Crippen LogP contribution in [-0.2, 0) is 4.79 Å². The summed E-state index contributed by atoms with van der Waals surface area (Å²) < 4.78 is 5.05. The molecule has 0 bridgehead atoms. The predicted molar refractivity (Wildman–Crippen MR) is 90.1 cm³/mol. The maximum atomic E-state index is 10.5. The molecule has 0 atom stereocenters. The van der Waals surface area contributed by atoms with Gasteiger partial charge >= 0.3 is 5.97 Å². The third kappa shape index (κ3) is 3.92. The van der Waals surface area contributed by atoms with Crippen molar-refractivity contribution in [3.63, 3.8) is 0 Å². The van der Waals surface area contributed by atoms with Crippen LogP contribution in [0.25, 0.3) is 11.1 Å². The molecule has 2 aromatic carbocycles. The molecule has 22 heavy (non-hydrogen) atoms. The van der Waals surface area contributed by atoms with Crippen LogP contribution in [0, 0.1) is 0 Å². The smallest absolute Gasteiger partial charge is 0.341 e. The van der Waals surface area contributed by atoms with Crippen molar-refractivity contribution in [2.24, 2.45) is 0 Å². The van der Waals surface area contributed by atoms with E-state index in [9.17, 15) is 4.79 Å². The Bertz CT molecular complexity index is 746. The van der Waals surface area contributed by atoms with Crippen molar-refractivity contribution in [1.82, 2.24) is 0 Å². The van der Waals surface area contributed by atoms with Gasteiger partial charge in [0.05, 0.1) is 25.1 Å². The van der Waals surface area contributed by atoms with E-state index in [-0.39, 0.29) is 15.8 Å². The van der Waals surface area contributed by atoms with E-state index in [1.54, 1.807) is 6.07 Å². The third-order valence-electron chi connectivity index (χ3n) is 2.67. The molecule has 116 valence electrons. The largest absolute Gasteiger partial charge is 0.480 e. The first-order valence-corrected chi connectivity index (χ1v) is 7.67. The highest BCUT2D eigenvalue weighted by Gasteiger charge is 2.15. The maximum Gasteiger partial charge on any atom is 0.341 e. The van der Waals surface area contributed by atoms with Gasteiger partial charge in [0, 0.05) is 17.2 Å². The summed E-state index contributed by atoms with van der Waals surface area (Å²) in [6, 6.07) is 6.01. The molecule has 0 spiro atoms. The fourth-order valence-electron chi connectivity index (χ4n) is 1.71. The van der Waals surface area contributed by atoms with Gasteiger partial charge in [-0.2, -0.15) is 0 Å². The van der Waals surface area contributed by atoms with Crippen LogP contribution in [0.15, 0.2) is 24.3 Å². The van der Waals surface area contributed by atoms with Crippen LogP contribution in [0.1, 0.15) is 0 Å². The molecule has 0 aliphatic heterocycles. The molecule has 0 heterocycles. The van der Waals surface area contributed by atoms with Gasteiger partial charge in [-0.05, 0) is 18.2 Å². The molecule has 3 nitrogen and oxygen atoms in total. The Hall–Kier alpha value is -0.840. The number of carboxylic acid groups (broad SMARTS) is 1. The van der Waals surface area contributed by atoms with Gasteiger partial charge in [-0.15, -0.1) is 0 Å². The Morgan fingerprint density at radius 2 is 1.32 bits per heavy atom. The van der Waals surface area contributed by atoms with Gasteiger partial charge in [0.25, 0.3) is 0 Å². The van der Waals surface area contributed by atoms with Gasteiger partial charge in [0.15, 0.2) is 6.61 Å². The highest BCUT2D eigenvalue weighted by Crippen LogP contribution is 2.41. The monoisotopic (exact) mass is 398 g/mol. The summed E-state index contributed by atoms with van der Waals surface area (Å²) in [5.74, 6) is -0.960. The first-order valence-electron chi connectivity index (χ1n) is 5.78. The van der Waals surface area contributed by atoms with Crippen molar-refractivity contribution in [2.45, 2.75) is 0 Å². The minimum absolute atomic E-state index is 0.161. The van der Waals surface area contributed by atoms with Crippen LogP contribution >= 0.6 is 58.0 Å². The summed E-state index contributed by atoms with van der Waals surface area (Å²) in [6.07, 6.45) is 0. The summed E-state index contributed by atoms with van der Waals surface area (Å²) in [5, 5.41) is 10.1. The second-order valence-electron chi connectivity index (χ2n) is 4.19. The molecular formula is C14H7Cl5O3. The molecule has 1 N–H and O–H groups in total. The maximum absolute atomic E-state index is 10.5. The number of carbonyl (C=O) groups is 1. The first kappa shape index (κ1) is 17.5. The zero-order valence-electron chi connectivity index (χ0n) is 10.7. The van der Waals surface area contributed by atoms with Crippen molar-refractivity contribution in [2.75, 3.05) is 6.61 Å². The van der Waals surface area contributed by atoms with Gasteiger partial charge < -0.3 is 9.84 Å². The molecule has 8 heteroatoms. The lowest BCUT2D eigenvalue weighted by Gasteiger charge is -2.12. The van der Waals surface area contributed by atoms with Crippen molar-refractivity contribution in [3.05, 3.63) is 49.4 Å². The van der Waals surface area contributed by atoms with Crippen LogP contribution in [0.5, 0.6) is 5.75 Å². The summed E-state index contributed by atoms with van der Waals surface area (Å²) in [6.45, 7) is -0.525. The van der Waals surface area contributed by atoms with Crippen LogP contribution in [0.2, 0.25) is 25.1 Å².